The van der Waals surface area contributed by atoms with Crippen LogP contribution in [-0.2, 0) is 0 Å². The summed E-state index contributed by atoms with van der Waals surface area (Å²) in [6.45, 7) is 0. The Morgan fingerprint density at radius 3 is 2.38 bits per heavy atom. The number of aromatic nitrogens is 1. The first-order valence-corrected chi connectivity index (χ1v) is 5.86. The molecule has 0 saturated heterocycles. The van der Waals surface area contributed by atoms with E-state index in [1.807, 2.05) is 0 Å². The first kappa shape index (κ1) is 12.7. The van der Waals surface area contributed by atoms with Crippen LogP contribution < -0.4 is 5.43 Å². The van der Waals surface area contributed by atoms with Gasteiger partial charge in [0.05, 0.1) is 21.1 Å². The van der Waals surface area contributed by atoms with Gasteiger partial charge in [0, 0.05) is 11.6 Å². The third-order valence-electron chi connectivity index (χ3n) is 3.18. The molecule has 0 aromatic heterocycles. The Morgan fingerprint density at radius 1 is 1.00 bits per heavy atom. The maximum absolute atomic E-state index is 12.2. The Hall–Kier alpha value is -3.29. The lowest BCUT2D eigenvalue weighted by atomic mass is 10.0. The zero-order valence-corrected chi connectivity index (χ0v) is 10.4. The standard InChI is InChI=1S/C13H7N3O5/c17-13-8-5-7-3-1-2-4-9(7)14-10(8)6-11(15(18)19)12(13)16(20)21/h1-6,14H. The summed E-state index contributed by atoms with van der Waals surface area (Å²) in [5.41, 5.74) is -1.89. The van der Waals surface area contributed by atoms with Gasteiger partial charge in [0.15, 0.2) is 0 Å². The zero-order chi connectivity index (χ0) is 15.1. The van der Waals surface area contributed by atoms with Crippen LogP contribution in [0.3, 0.4) is 0 Å². The van der Waals surface area contributed by atoms with Gasteiger partial charge in [0.1, 0.15) is 0 Å². The minimum atomic E-state index is -1.02. The van der Waals surface area contributed by atoms with Crippen molar-refractivity contribution in [3.05, 3.63) is 66.9 Å². The Kier molecular flexibility index (Phi) is 2.65. The minimum absolute atomic E-state index is 0.0472. The van der Waals surface area contributed by atoms with E-state index in [1.54, 1.807) is 24.3 Å². The zero-order valence-electron chi connectivity index (χ0n) is 10.4. The van der Waals surface area contributed by atoms with E-state index in [4.69, 9.17) is 0 Å². The number of nitrogens with zero attached hydrogens (tertiary/aromatic N) is 2. The maximum Gasteiger partial charge on any atom is 0.393 e. The van der Waals surface area contributed by atoms with E-state index < -0.39 is 26.7 Å². The lowest BCUT2D eigenvalue weighted by Crippen LogP contribution is -2.14. The van der Waals surface area contributed by atoms with Crippen molar-refractivity contribution in [3.63, 3.8) is 0 Å². The number of benzene rings is 2. The molecule has 0 bridgehead atoms. The van der Waals surface area contributed by atoms with E-state index in [0.29, 0.717) is 10.9 Å². The number of hydrogen-bond acceptors (Lipinski definition) is 5. The van der Waals surface area contributed by atoms with Gasteiger partial charge in [-0.15, -0.1) is 0 Å². The normalized spacial score (nSPS) is 10.9. The predicted octanol–water partition coefficient (Wildman–Crippen LogP) is 2.45. The van der Waals surface area contributed by atoms with Gasteiger partial charge in [0.2, 0.25) is 0 Å². The summed E-state index contributed by atoms with van der Waals surface area (Å²) in [6, 6.07) is 9.50. The van der Waals surface area contributed by atoms with E-state index in [9.17, 15) is 25.0 Å². The molecule has 8 nitrogen and oxygen atoms in total. The molecule has 1 aromatic rings. The smallest absolute Gasteiger partial charge is 0.354 e. The van der Waals surface area contributed by atoms with Gasteiger partial charge in [-0.3, -0.25) is 25.0 Å². The highest BCUT2D eigenvalue weighted by Gasteiger charge is 2.32. The van der Waals surface area contributed by atoms with E-state index in [1.165, 1.54) is 6.07 Å². The molecule has 0 atom stereocenters. The second kappa shape index (κ2) is 4.37. The lowest BCUT2D eigenvalue weighted by molar-refractivity contribution is -0.423. The van der Waals surface area contributed by atoms with Gasteiger partial charge in [-0.05, 0) is 17.5 Å². The van der Waals surface area contributed by atoms with Crippen molar-refractivity contribution in [2.45, 2.75) is 0 Å². The fourth-order valence-corrected chi connectivity index (χ4v) is 2.25. The van der Waals surface area contributed by atoms with Crippen LogP contribution >= 0.6 is 0 Å². The number of nitro groups is 2. The molecule has 0 spiro atoms. The van der Waals surface area contributed by atoms with Gasteiger partial charge in [-0.25, -0.2) is 0 Å². The largest absolute Gasteiger partial charge is 0.393 e. The monoisotopic (exact) mass is 285 g/mol. The number of H-pyrrole nitrogens is 1. The van der Waals surface area contributed by atoms with Crippen molar-refractivity contribution in [1.29, 1.82) is 0 Å². The summed E-state index contributed by atoms with van der Waals surface area (Å²) in [5.74, 6) is 0. The highest BCUT2D eigenvalue weighted by Crippen LogP contribution is 2.31. The van der Waals surface area contributed by atoms with Crippen LogP contribution in [0.2, 0.25) is 0 Å². The fourth-order valence-electron chi connectivity index (χ4n) is 2.25. The molecule has 1 N–H and O–H groups in total. The first-order valence-electron chi connectivity index (χ1n) is 5.86. The molecule has 0 fully saturated rings. The molecule has 1 aliphatic heterocycles. The molecule has 0 amide bonds. The molecule has 1 aliphatic carbocycles. The van der Waals surface area contributed by atoms with E-state index in [-0.39, 0.29) is 11.3 Å². The van der Waals surface area contributed by atoms with E-state index in [2.05, 4.69) is 4.98 Å². The Bertz CT molecular complexity index is 931. The quantitative estimate of drug-likeness (QED) is 0.440. The van der Waals surface area contributed by atoms with Gasteiger partial charge in [-0.1, -0.05) is 18.2 Å². The average Bonchev–Trinajstić information content (AvgIpc) is 2.44. The number of aromatic amines is 1. The molecule has 3 rings (SSSR count). The van der Waals surface area contributed by atoms with Crippen LogP contribution in [0.5, 0.6) is 0 Å². The molecular weight excluding hydrogens is 278 g/mol. The number of nitro benzene ring substituents is 2. The van der Waals surface area contributed by atoms with Crippen molar-refractivity contribution in [2.24, 2.45) is 0 Å². The molecule has 8 heteroatoms. The Labute approximate surface area is 116 Å². The molecular formula is C13H7N3O5. The topological polar surface area (TPSA) is 119 Å². The van der Waals surface area contributed by atoms with Crippen LogP contribution in [0, 0.1) is 20.2 Å². The van der Waals surface area contributed by atoms with Crippen molar-refractivity contribution in [2.75, 3.05) is 0 Å². The van der Waals surface area contributed by atoms with Crippen molar-refractivity contribution in [1.82, 2.24) is 4.98 Å². The summed E-state index contributed by atoms with van der Waals surface area (Å²) >= 11 is 0. The summed E-state index contributed by atoms with van der Waals surface area (Å²) < 4.78 is 0. The first-order chi connectivity index (χ1) is 9.99. The molecule has 0 radical (unpaired) electrons. The SMILES string of the molecule is O=c1c2cc3ccccc3[nH]c-2cc([N+](=O)[O-])c1[N+](=O)[O-]. The van der Waals surface area contributed by atoms with Crippen LogP contribution in [0.4, 0.5) is 11.4 Å². The highest BCUT2D eigenvalue weighted by atomic mass is 16.6. The Morgan fingerprint density at radius 2 is 1.71 bits per heavy atom. The van der Waals surface area contributed by atoms with Gasteiger partial charge < -0.3 is 4.98 Å². The number of hydrogen-bond donors (Lipinski definition) is 1. The van der Waals surface area contributed by atoms with E-state index >= 15 is 0 Å². The number of nitrogens with one attached hydrogen (secondary N) is 1. The number of para-hydroxylation sites is 1. The van der Waals surface area contributed by atoms with Gasteiger partial charge >= 0.3 is 11.4 Å². The molecule has 104 valence electrons. The second-order valence-electron chi connectivity index (χ2n) is 4.41. The third-order valence-corrected chi connectivity index (χ3v) is 3.18. The minimum Gasteiger partial charge on any atom is -0.354 e. The highest BCUT2D eigenvalue weighted by molar-refractivity contribution is 5.87. The number of rotatable bonds is 2. The second-order valence-corrected chi connectivity index (χ2v) is 4.41. The number of pyridine rings is 1. The molecule has 21 heavy (non-hydrogen) atoms. The van der Waals surface area contributed by atoms with Crippen LogP contribution in [0.15, 0.2) is 41.2 Å². The van der Waals surface area contributed by atoms with Crippen molar-refractivity contribution >= 4 is 22.3 Å². The summed E-state index contributed by atoms with van der Waals surface area (Å²) in [7, 11) is 0. The van der Waals surface area contributed by atoms with Crippen molar-refractivity contribution in [3.8, 4) is 11.3 Å². The van der Waals surface area contributed by atoms with Crippen LogP contribution in [0.25, 0.3) is 22.2 Å². The average molecular weight is 285 g/mol. The summed E-state index contributed by atoms with van der Waals surface area (Å²) in [6.07, 6.45) is 0. The van der Waals surface area contributed by atoms with Gasteiger partial charge in [0.25, 0.3) is 5.43 Å². The third kappa shape index (κ3) is 1.89. The number of fused-ring (bicyclic) bond motifs is 2. The maximum atomic E-state index is 12.2. The fraction of sp³-hybridized carbons (Fsp3) is 0. The van der Waals surface area contributed by atoms with Crippen LogP contribution in [-0.4, -0.2) is 14.8 Å². The molecule has 2 aliphatic rings. The lowest BCUT2D eigenvalue weighted by Gasteiger charge is -2.07. The van der Waals surface area contributed by atoms with E-state index in [0.717, 1.165) is 6.07 Å². The molecule has 1 aromatic carbocycles. The van der Waals surface area contributed by atoms with Crippen molar-refractivity contribution < 1.29 is 9.85 Å². The molecule has 0 unspecified atom stereocenters. The molecule has 0 saturated carbocycles. The van der Waals surface area contributed by atoms with Crippen LogP contribution in [0.1, 0.15) is 0 Å². The summed E-state index contributed by atoms with van der Waals surface area (Å²) in [4.78, 5) is 35.0. The molecule has 1 heterocycles. The Balaban J connectivity index is 2.51. The summed E-state index contributed by atoms with van der Waals surface area (Å²) in [5, 5.41) is 22.6. The predicted molar refractivity (Wildman–Crippen MR) is 74.5 cm³/mol. The van der Waals surface area contributed by atoms with Gasteiger partial charge in [-0.2, -0.15) is 0 Å².